The van der Waals surface area contributed by atoms with E-state index in [9.17, 15) is 0 Å². The molecule has 0 unspecified atom stereocenters. The Morgan fingerprint density at radius 1 is 1.09 bits per heavy atom. The van der Waals surface area contributed by atoms with Crippen molar-refractivity contribution in [3.05, 3.63) is 23.7 Å². The van der Waals surface area contributed by atoms with Crippen LogP contribution in [0.1, 0.15) is 11.5 Å². The first-order valence-corrected chi connectivity index (χ1v) is 3.42. The first-order chi connectivity index (χ1) is 5.36. The lowest BCUT2D eigenvalue weighted by Crippen LogP contribution is -1.84. The van der Waals surface area contributed by atoms with Gasteiger partial charge in [-0.05, 0) is 12.1 Å². The topological polar surface area (TPSA) is 31.6 Å². The summed E-state index contributed by atoms with van der Waals surface area (Å²) < 4.78 is 15.1. The van der Waals surface area contributed by atoms with Gasteiger partial charge in [0.25, 0.3) is 0 Å². The van der Waals surface area contributed by atoms with Crippen LogP contribution in [0.15, 0.2) is 16.5 Å². The van der Waals surface area contributed by atoms with Gasteiger partial charge in [-0.15, -0.1) is 0 Å². The maximum absolute atomic E-state index is 5.31. The van der Waals surface area contributed by atoms with Crippen LogP contribution in [0.25, 0.3) is 0 Å². The van der Waals surface area contributed by atoms with Gasteiger partial charge in [-0.2, -0.15) is 0 Å². The predicted molar refractivity (Wildman–Crippen MR) is 40.1 cm³/mol. The van der Waals surface area contributed by atoms with Gasteiger partial charge < -0.3 is 13.9 Å². The third-order valence-electron chi connectivity index (χ3n) is 1.29. The molecule has 3 nitrogen and oxygen atoms in total. The van der Waals surface area contributed by atoms with E-state index >= 15 is 0 Å². The van der Waals surface area contributed by atoms with Gasteiger partial charge in [0.05, 0.1) is 0 Å². The minimum absolute atomic E-state index is 0.518. The second-order valence-electron chi connectivity index (χ2n) is 2.23. The van der Waals surface area contributed by atoms with Gasteiger partial charge in [-0.3, -0.25) is 0 Å². The van der Waals surface area contributed by atoms with E-state index in [0.717, 1.165) is 11.5 Å². The molecule has 0 N–H and O–H groups in total. The molecule has 0 radical (unpaired) electrons. The lowest BCUT2D eigenvalue weighted by Gasteiger charge is -1.93. The fourth-order valence-electron chi connectivity index (χ4n) is 0.862. The molecule has 1 rings (SSSR count). The Morgan fingerprint density at radius 2 is 1.55 bits per heavy atom. The summed E-state index contributed by atoms with van der Waals surface area (Å²) in [5, 5.41) is 0. The average Bonchev–Trinajstić information content (AvgIpc) is 2.38. The Bertz CT molecular complexity index is 184. The molecule has 0 amide bonds. The van der Waals surface area contributed by atoms with Crippen LogP contribution in [0.5, 0.6) is 0 Å². The molecule has 3 heteroatoms. The lowest BCUT2D eigenvalue weighted by molar-refractivity contribution is 0.142. The maximum atomic E-state index is 5.31. The van der Waals surface area contributed by atoms with Gasteiger partial charge in [-0.25, -0.2) is 0 Å². The summed E-state index contributed by atoms with van der Waals surface area (Å²) >= 11 is 0. The Kier molecular flexibility index (Phi) is 3.14. The number of ether oxygens (including phenoxy) is 2. The van der Waals surface area contributed by atoms with Crippen molar-refractivity contribution in [1.29, 1.82) is 0 Å². The van der Waals surface area contributed by atoms with Crippen molar-refractivity contribution in [1.82, 2.24) is 0 Å². The van der Waals surface area contributed by atoms with Gasteiger partial charge in [0.15, 0.2) is 0 Å². The van der Waals surface area contributed by atoms with E-state index in [-0.39, 0.29) is 0 Å². The molecule has 0 saturated carbocycles. The third kappa shape index (κ3) is 2.37. The van der Waals surface area contributed by atoms with Crippen LogP contribution in [0, 0.1) is 0 Å². The van der Waals surface area contributed by atoms with Crippen LogP contribution in [-0.4, -0.2) is 14.2 Å². The molecule has 0 aliphatic rings. The summed E-state index contributed by atoms with van der Waals surface area (Å²) in [7, 11) is 3.27. The van der Waals surface area contributed by atoms with Crippen LogP contribution in [0.3, 0.4) is 0 Å². The van der Waals surface area contributed by atoms with Crippen molar-refractivity contribution in [2.24, 2.45) is 0 Å². The van der Waals surface area contributed by atoms with E-state index in [1.165, 1.54) is 0 Å². The number of rotatable bonds is 4. The highest BCUT2D eigenvalue weighted by atomic mass is 16.5. The number of methoxy groups -OCH3 is 2. The Labute approximate surface area is 65.9 Å². The summed E-state index contributed by atoms with van der Waals surface area (Å²) in [6.45, 7) is 1.04. The predicted octanol–water partition coefficient (Wildman–Crippen LogP) is 1.57. The minimum Gasteiger partial charge on any atom is -0.461 e. The molecule has 1 aromatic heterocycles. The van der Waals surface area contributed by atoms with Crippen molar-refractivity contribution in [2.45, 2.75) is 13.2 Å². The van der Waals surface area contributed by atoms with E-state index in [1.807, 2.05) is 12.1 Å². The van der Waals surface area contributed by atoms with E-state index in [2.05, 4.69) is 0 Å². The van der Waals surface area contributed by atoms with Crippen LogP contribution in [0.2, 0.25) is 0 Å². The average molecular weight is 156 g/mol. The quantitative estimate of drug-likeness (QED) is 0.663. The zero-order chi connectivity index (χ0) is 8.10. The smallest absolute Gasteiger partial charge is 0.129 e. The fraction of sp³-hybridized carbons (Fsp3) is 0.500. The SMILES string of the molecule is COCc1ccc(COC)o1. The molecule has 1 heterocycles. The number of hydrogen-bond acceptors (Lipinski definition) is 3. The summed E-state index contributed by atoms with van der Waals surface area (Å²) in [5.41, 5.74) is 0. The minimum atomic E-state index is 0.518. The number of hydrogen-bond donors (Lipinski definition) is 0. The van der Waals surface area contributed by atoms with Crippen molar-refractivity contribution in [3.8, 4) is 0 Å². The molecule has 62 valence electrons. The van der Waals surface area contributed by atoms with E-state index in [0.29, 0.717) is 13.2 Å². The third-order valence-corrected chi connectivity index (χ3v) is 1.29. The first-order valence-electron chi connectivity index (χ1n) is 3.42. The van der Waals surface area contributed by atoms with Gasteiger partial charge in [-0.1, -0.05) is 0 Å². The molecule has 0 saturated heterocycles. The van der Waals surface area contributed by atoms with Crippen LogP contribution in [-0.2, 0) is 22.7 Å². The zero-order valence-corrected chi connectivity index (χ0v) is 6.79. The van der Waals surface area contributed by atoms with Gasteiger partial charge in [0.2, 0.25) is 0 Å². The fourth-order valence-corrected chi connectivity index (χ4v) is 0.862. The van der Waals surface area contributed by atoms with E-state index < -0.39 is 0 Å². The number of furan rings is 1. The van der Waals surface area contributed by atoms with Crippen molar-refractivity contribution in [3.63, 3.8) is 0 Å². The van der Waals surface area contributed by atoms with E-state index in [1.54, 1.807) is 14.2 Å². The zero-order valence-electron chi connectivity index (χ0n) is 6.79. The highest BCUT2D eigenvalue weighted by Crippen LogP contribution is 2.09. The molecule has 0 aliphatic heterocycles. The first kappa shape index (κ1) is 8.30. The summed E-state index contributed by atoms with van der Waals surface area (Å²) in [5.74, 6) is 1.67. The lowest BCUT2D eigenvalue weighted by atomic mass is 10.4. The van der Waals surface area contributed by atoms with Crippen LogP contribution >= 0.6 is 0 Å². The molecule has 0 fully saturated rings. The standard InChI is InChI=1S/C8H12O3/c1-9-5-7-3-4-8(11-7)6-10-2/h3-4H,5-6H2,1-2H3. The van der Waals surface area contributed by atoms with Gasteiger partial charge in [0.1, 0.15) is 24.7 Å². The van der Waals surface area contributed by atoms with Gasteiger partial charge >= 0.3 is 0 Å². The van der Waals surface area contributed by atoms with Crippen LogP contribution in [0.4, 0.5) is 0 Å². The second-order valence-corrected chi connectivity index (χ2v) is 2.23. The Balaban J connectivity index is 2.51. The van der Waals surface area contributed by atoms with Crippen molar-refractivity contribution >= 4 is 0 Å². The molecule has 11 heavy (non-hydrogen) atoms. The molecule has 1 aromatic rings. The largest absolute Gasteiger partial charge is 0.461 e. The van der Waals surface area contributed by atoms with Crippen molar-refractivity contribution in [2.75, 3.05) is 14.2 Å². The van der Waals surface area contributed by atoms with Crippen LogP contribution < -0.4 is 0 Å². The normalized spacial score (nSPS) is 10.4. The molecular formula is C8H12O3. The summed E-state index contributed by atoms with van der Waals surface area (Å²) in [6.07, 6.45) is 0. The summed E-state index contributed by atoms with van der Waals surface area (Å²) in [4.78, 5) is 0. The molecule has 0 spiro atoms. The van der Waals surface area contributed by atoms with Crippen molar-refractivity contribution < 1.29 is 13.9 Å². The Hall–Kier alpha value is -0.800. The highest BCUT2D eigenvalue weighted by molar-refractivity contribution is 5.05. The molecule has 0 aliphatic carbocycles. The van der Waals surface area contributed by atoms with Gasteiger partial charge in [0, 0.05) is 14.2 Å². The highest BCUT2D eigenvalue weighted by Gasteiger charge is 1.99. The Morgan fingerprint density at radius 3 is 1.91 bits per heavy atom. The molecule has 0 bridgehead atoms. The molecule has 0 aromatic carbocycles. The maximum Gasteiger partial charge on any atom is 0.129 e. The second kappa shape index (κ2) is 4.16. The molecular weight excluding hydrogens is 144 g/mol. The molecule has 0 atom stereocenters. The summed E-state index contributed by atoms with van der Waals surface area (Å²) in [6, 6.07) is 3.77. The van der Waals surface area contributed by atoms with E-state index in [4.69, 9.17) is 13.9 Å². The monoisotopic (exact) mass is 156 g/mol.